The van der Waals surface area contributed by atoms with Crippen molar-refractivity contribution in [2.75, 3.05) is 51.0 Å². The van der Waals surface area contributed by atoms with Crippen molar-refractivity contribution in [3.05, 3.63) is 64.6 Å². The fourth-order valence-electron chi connectivity index (χ4n) is 7.02. The van der Waals surface area contributed by atoms with Gasteiger partial charge >= 0.3 is 0 Å². The van der Waals surface area contributed by atoms with E-state index in [1.165, 1.54) is 16.2 Å². The number of thiazole rings is 2. The van der Waals surface area contributed by atoms with Crippen molar-refractivity contribution in [1.29, 1.82) is 0 Å². The Hall–Kier alpha value is -4.64. The van der Waals surface area contributed by atoms with Crippen molar-refractivity contribution in [1.82, 2.24) is 25.5 Å². The molecule has 4 aromatic rings. The number of benzene rings is 2. The lowest BCUT2D eigenvalue weighted by Crippen LogP contribution is -2.59. The number of rotatable bonds is 15. The van der Waals surface area contributed by atoms with E-state index < -0.39 is 47.0 Å². The summed E-state index contributed by atoms with van der Waals surface area (Å²) in [7, 11) is 0. The normalized spacial score (nSPS) is 19.4. The molecule has 3 aliphatic rings. The van der Waals surface area contributed by atoms with Crippen LogP contribution in [0.25, 0.3) is 21.7 Å². The van der Waals surface area contributed by atoms with Gasteiger partial charge in [0.25, 0.3) is 5.91 Å². The number of nitrogens with zero attached hydrogens (tertiary/aromatic N) is 4. The topological polar surface area (TPSA) is 155 Å². The Bertz CT molecular complexity index is 2080. The largest absolute Gasteiger partial charge is 0.493 e. The third-order valence-electron chi connectivity index (χ3n) is 10.6. The predicted octanol–water partition coefficient (Wildman–Crippen LogP) is 5.54. The summed E-state index contributed by atoms with van der Waals surface area (Å²) in [5.74, 6) is -0.477. The fraction of sp³-hybridized carbons (Fsp3) is 0.500. The Kier molecular flexibility index (Phi) is 12.7. The molecule has 2 saturated heterocycles. The molecule has 0 bridgehead atoms. The quantitative estimate of drug-likeness (QED) is 0.130. The Morgan fingerprint density at radius 2 is 1.78 bits per heavy atom. The minimum absolute atomic E-state index is 0.0336. The van der Waals surface area contributed by atoms with Gasteiger partial charge in [-0.1, -0.05) is 32.9 Å². The Morgan fingerprint density at radius 1 is 1.05 bits per heavy atom. The number of alkyl halides is 1. The predicted molar refractivity (Wildman–Crippen MR) is 221 cm³/mol. The molecule has 3 fully saturated rings. The number of anilines is 1. The molecule has 0 spiro atoms. The number of hydrogen-bond acceptors (Lipinski definition) is 12. The van der Waals surface area contributed by atoms with Crippen LogP contribution in [0.1, 0.15) is 57.7 Å². The summed E-state index contributed by atoms with van der Waals surface area (Å²) in [6.45, 7) is 11.2. The Balaban J connectivity index is 0.959. The standard InChI is InChI=1S/C42H51FN6O7S2/c1-26-35(58-25-45-26)28-6-7-29(22-44-37(51)33-21-30(50)23-49(33)38(52)36(41(2,3)4)47-39(53)42(43)12-13-42)34(20-28)56-17-5-16-55-31-10-8-27(9-11-31)32-24-57-40(46-32)48-14-18-54-19-15-48/h6-11,20,24-25,30,33,36,50H,5,12-19,21-23H2,1-4H3,(H,44,51)(H,47,53)/t30-,33+,36-/m1/s1. The van der Waals surface area contributed by atoms with Crippen molar-refractivity contribution in [3.63, 3.8) is 0 Å². The molecule has 2 aliphatic heterocycles. The molecular weight excluding hydrogens is 784 g/mol. The van der Waals surface area contributed by atoms with Crippen LogP contribution < -0.4 is 25.0 Å². The van der Waals surface area contributed by atoms with Crippen molar-refractivity contribution >= 4 is 45.5 Å². The SMILES string of the molecule is Cc1ncsc1-c1ccc(CNC(=O)[C@@H]2C[C@@H](O)CN2C(=O)[C@@H](NC(=O)C2(F)CC2)C(C)(C)C)c(OCCCOc2ccc(-c3csc(N4CCOCC4)n3)cc2)c1. The first-order chi connectivity index (χ1) is 27.8. The first-order valence-electron chi connectivity index (χ1n) is 19.7. The van der Waals surface area contributed by atoms with Gasteiger partial charge in [0, 0.05) is 55.5 Å². The van der Waals surface area contributed by atoms with Gasteiger partial charge in [-0.15, -0.1) is 22.7 Å². The fourth-order valence-corrected chi connectivity index (χ4v) is 8.71. The van der Waals surface area contributed by atoms with Crippen LogP contribution >= 0.6 is 22.7 Å². The van der Waals surface area contributed by atoms with Crippen LogP contribution in [-0.2, 0) is 25.7 Å². The molecule has 310 valence electrons. The third-order valence-corrected chi connectivity index (χ3v) is 12.5. The number of nitrogens with one attached hydrogen (secondary N) is 2. The molecule has 0 unspecified atom stereocenters. The van der Waals surface area contributed by atoms with E-state index in [0.29, 0.717) is 25.4 Å². The zero-order chi connectivity index (χ0) is 41.0. The van der Waals surface area contributed by atoms with E-state index in [2.05, 4.69) is 25.9 Å². The number of ether oxygens (including phenoxy) is 3. The number of aromatic nitrogens is 2. The van der Waals surface area contributed by atoms with Gasteiger partial charge in [-0.2, -0.15) is 0 Å². The van der Waals surface area contributed by atoms with Crippen LogP contribution in [-0.4, -0.2) is 108 Å². The highest BCUT2D eigenvalue weighted by atomic mass is 32.1. The number of hydrogen-bond donors (Lipinski definition) is 3. The van der Waals surface area contributed by atoms with Gasteiger partial charge in [0.15, 0.2) is 10.8 Å². The molecule has 7 rings (SSSR count). The Morgan fingerprint density at radius 3 is 2.47 bits per heavy atom. The summed E-state index contributed by atoms with van der Waals surface area (Å²) in [6, 6.07) is 11.6. The van der Waals surface area contributed by atoms with Crippen LogP contribution in [0.5, 0.6) is 11.5 Å². The number of likely N-dealkylation sites (tertiary alicyclic amines) is 1. The van der Waals surface area contributed by atoms with Crippen LogP contribution in [0.3, 0.4) is 0 Å². The molecule has 0 radical (unpaired) electrons. The van der Waals surface area contributed by atoms with Crippen LogP contribution in [0.15, 0.2) is 53.4 Å². The number of carbonyl (C=O) groups excluding carboxylic acids is 3. The molecule has 1 saturated carbocycles. The zero-order valence-corrected chi connectivity index (χ0v) is 34.9. The highest BCUT2D eigenvalue weighted by Gasteiger charge is 2.53. The number of amides is 3. The second kappa shape index (κ2) is 17.7. The van der Waals surface area contributed by atoms with E-state index in [0.717, 1.165) is 70.1 Å². The number of aryl methyl sites for hydroxylation is 1. The number of aliphatic hydroxyl groups is 1. The van der Waals surface area contributed by atoms with Crippen molar-refractivity contribution in [2.45, 2.75) is 83.8 Å². The van der Waals surface area contributed by atoms with Crippen molar-refractivity contribution in [2.24, 2.45) is 5.41 Å². The summed E-state index contributed by atoms with van der Waals surface area (Å²) in [5.41, 5.74) is 3.57. The molecule has 4 heterocycles. The number of halogens is 1. The van der Waals surface area contributed by atoms with E-state index in [1.54, 1.807) is 37.6 Å². The first-order valence-corrected chi connectivity index (χ1v) is 21.5. The van der Waals surface area contributed by atoms with Crippen LogP contribution in [0.2, 0.25) is 0 Å². The maximum absolute atomic E-state index is 14.6. The highest BCUT2D eigenvalue weighted by Crippen LogP contribution is 2.40. The number of carbonyl (C=O) groups is 3. The summed E-state index contributed by atoms with van der Waals surface area (Å²) < 4.78 is 32.4. The number of β-amino-alcohol motifs (C(OH)–C–C–N with tert-alkyl or cyclic N) is 1. The molecule has 3 N–H and O–H groups in total. The lowest BCUT2D eigenvalue weighted by Gasteiger charge is -2.35. The first kappa shape index (κ1) is 41.5. The summed E-state index contributed by atoms with van der Waals surface area (Å²) >= 11 is 3.17. The monoisotopic (exact) mass is 834 g/mol. The van der Waals surface area contributed by atoms with Gasteiger partial charge in [-0.25, -0.2) is 14.4 Å². The molecule has 3 atom stereocenters. The maximum atomic E-state index is 14.6. The van der Waals surface area contributed by atoms with Crippen molar-refractivity contribution in [3.8, 4) is 33.2 Å². The molecule has 16 heteroatoms. The second-order valence-corrected chi connectivity index (χ2v) is 17.8. The van der Waals surface area contributed by atoms with Crippen LogP contribution in [0.4, 0.5) is 9.52 Å². The lowest BCUT2D eigenvalue weighted by atomic mass is 9.85. The maximum Gasteiger partial charge on any atom is 0.258 e. The van der Waals surface area contributed by atoms with Gasteiger partial charge in [-0.3, -0.25) is 14.4 Å². The third kappa shape index (κ3) is 9.79. The van der Waals surface area contributed by atoms with Gasteiger partial charge in [-0.05, 0) is 61.1 Å². The molecular formula is C42H51FN6O7S2. The van der Waals surface area contributed by atoms with Gasteiger partial charge in [0.2, 0.25) is 11.8 Å². The number of morpholine rings is 1. The van der Waals surface area contributed by atoms with E-state index in [9.17, 15) is 23.9 Å². The van der Waals surface area contributed by atoms with E-state index in [-0.39, 0.29) is 32.4 Å². The smallest absolute Gasteiger partial charge is 0.258 e. The average Bonchev–Trinajstić information content (AvgIpc) is 3.53. The minimum Gasteiger partial charge on any atom is -0.493 e. The summed E-state index contributed by atoms with van der Waals surface area (Å²) in [5, 5.41) is 19.2. The number of aliphatic hydroxyl groups excluding tert-OH is 1. The molecule has 1 aliphatic carbocycles. The molecule has 13 nitrogen and oxygen atoms in total. The van der Waals surface area contributed by atoms with Crippen LogP contribution in [0, 0.1) is 12.3 Å². The van der Waals surface area contributed by atoms with E-state index >= 15 is 0 Å². The molecule has 3 amide bonds. The van der Waals surface area contributed by atoms with Gasteiger partial charge in [0.1, 0.15) is 23.6 Å². The van der Waals surface area contributed by atoms with E-state index in [1.807, 2.05) is 49.4 Å². The zero-order valence-electron chi connectivity index (χ0n) is 33.3. The molecule has 58 heavy (non-hydrogen) atoms. The lowest BCUT2D eigenvalue weighted by molar-refractivity contribution is -0.145. The molecule has 2 aromatic carbocycles. The second-order valence-electron chi connectivity index (χ2n) is 16.1. The van der Waals surface area contributed by atoms with E-state index in [4.69, 9.17) is 19.2 Å². The van der Waals surface area contributed by atoms with Crippen molar-refractivity contribution < 1.29 is 38.1 Å². The van der Waals surface area contributed by atoms with Gasteiger partial charge in [0.05, 0.1) is 54.3 Å². The highest BCUT2D eigenvalue weighted by molar-refractivity contribution is 7.14. The summed E-state index contributed by atoms with van der Waals surface area (Å²) in [6.07, 6.45) is -0.0750. The minimum atomic E-state index is -1.96. The summed E-state index contributed by atoms with van der Waals surface area (Å²) in [4.78, 5) is 54.0. The Labute approximate surface area is 345 Å². The average molecular weight is 835 g/mol. The van der Waals surface area contributed by atoms with Gasteiger partial charge < -0.3 is 39.8 Å². The molecule has 2 aromatic heterocycles.